The zero-order valence-electron chi connectivity index (χ0n) is 9.65. The van der Waals surface area contributed by atoms with E-state index in [0.717, 1.165) is 0 Å². The van der Waals surface area contributed by atoms with E-state index in [1.807, 2.05) is 6.20 Å². The molecule has 1 aliphatic rings. The first-order chi connectivity index (χ1) is 7.27. The minimum Gasteiger partial charge on any atom is -0.373 e. The molecule has 1 aromatic heterocycles. The van der Waals surface area contributed by atoms with Crippen LogP contribution in [0, 0.1) is 0 Å². The average Bonchev–Trinajstić information content (AvgIpc) is 2.85. The monoisotopic (exact) mass is 208 g/mol. The van der Waals surface area contributed by atoms with Gasteiger partial charge in [-0.15, -0.1) is 0 Å². The average molecular weight is 208 g/mol. The highest BCUT2D eigenvalue weighted by molar-refractivity contribution is 5.01. The number of ether oxygens (including phenoxy) is 1. The summed E-state index contributed by atoms with van der Waals surface area (Å²) >= 11 is 0. The van der Waals surface area contributed by atoms with Gasteiger partial charge in [-0.3, -0.25) is 4.68 Å². The molecule has 0 saturated heterocycles. The first-order valence-electron chi connectivity index (χ1n) is 5.91. The lowest BCUT2D eigenvalue weighted by Crippen LogP contribution is -2.12. The molecule has 0 aliphatic heterocycles. The van der Waals surface area contributed by atoms with Crippen LogP contribution in [-0.2, 0) is 11.3 Å². The largest absolute Gasteiger partial charge is 0.373 e. The van der Waals surface area contributed by atoms with Crippen molar-refractivity contribution >= 4 is 0 Å². The van der Waals surface area contributed by atoms with E-state index in [1.165, 1.54) is 31.4 Å². The van der Waals surface area contributed by atoms with E-state index in [1.54, 1.807) is 0 Å². The van der Waals surface area contributed by atoms with Gasteiger partial charge in [0.15, 0.2) is 0 Å². The predicted molar refractivity (Wildman–Crippen MR) is 59.7 cm³/mol. The van der Waals surface area contributed by atoms with E-state index in [9.17, 15) is 0 Å². The fourth-order valence-corrected chi connectivity index (χ4v) is 2.19. The van der Waals surface area contributed by atoms with Crippen LogP contribution in [0.1, 0.15) is 51.3 Å². The fourth-order valence-electron chi connectivity index (χ4n) is 2.19. The second kappa shape index (κ2) is 4.79. The summed E-state index contributed by atoms with van der Waals surface area (Å²) in [6, 6.07) is 2.69. The van der Waals surface area contributed by atoms with Crippen molar-refractivity contribution in [3.63, 3.8) is 0 Å². The second-order valence-corrected chi connectivity index (χ2v) is 4.57. The summed E-state index contributed by atoms with van der Waals surface area (Å²) in [6.45, 7) is 4.82. The molecular weight excluding hydrogens is 188 g/mol. The first-order valence-corrected chi connectivity index (χ1v) is 5.91. The summed E-state index contributed by atoms with van der Waals surface area (Å²) in [7, 11) is 0. The molecular formula is C12H20N2O. The van der Waals surface area contributed by atoms with Crippen LogP contribution in [0.5, 0.6) is 0 Å². The van der Waals surface area contributed by atoms with Crippen molar-refractivity contribution in [3.05, 3.63) is 18.0 Å². The van der Waals surface area contributed by atoms with E-state index in [2.05, 4.69) is 29.7 Å². The third kappa shape index (κ3) is 2.59. The van der Waals surface area contributed by atoms with Crippen LogP contribution in [0.25, 0.3) is 0 Å². The van der Waals surface area contributed by atoms with E-state index in [4.69, 9.17) is 4.74 Å². The third-order valence-corrected chi connectivity index (χ3v) is 2.99. The normalized spacial score (nSPS) is 17.8. The number of hydrogen-bond donors (Lipinski definition) is 0. The van der Waals surface area contributed by atoms with Crippen LogP contribution in [0.4, 0.5) is 0 Å². The molecule has 15 heavy (non-hydrogen) atoms. The van der Waals surface area contributed by atoms with Crippen LogP contribution in [-0.4, -0.2) is 15.9 Å². The standard InChI is InChI=1S/C12H20N2O/c1-10(2)15-9-12-7-8-13-14(12)11-5-3-4-6-11/h7-8,10-11H,3-6,9H2,1-2H3. The molecule has 0 bridgehead atoms. The Kier molecular flexibility index (Phi) is 3.41. The molecule has 0 aromatic carbocycles. The quantitative estimate of drug-likeness (QED) is 0.760. The van der Waals surface area contributed by atoms with Gasteiger partial charge in [-0.2, -0.15) is 5.10 Å². The smallest absolute Gasteiger partial charge is 0.0888 e. The number of rotatable bonds is 4. The fraction of sp³-hybridized carbons (Fsp3) is 0.750. The van der Waals surface area contributed by atoms with Gasteiger partial charge in [0.2, 0.25) is 0 Å². The van der Waals surface area contributed by atoms with E-state index in [-0.39, 0.29) is 6.10 Å². The van der Waals surface area contributed by atoms with Gasteiger partial charge in [-0.25, -0.2) is 0 Å². The Morgan fingerprint density at radius 2 is 2.20 bits per heavy atom. The number of aromatic nitrogens is 2. The Bertz CT molecular complexity index is 300. The predicted octanol–water partition coefficient (Wildman–Crippen LogP) is 2.92. The van der Waals surface area contributed by atoms with Crippen molar-refractivity contribution in [2.75, 3.05) is 0 Å². The summed E-state index contributed by atoms with van der Waals surface area (Å²) in [5.41, 5.74) is 1.22. The van der Waals surface area contributed by atoms with Crippen LogP contribution < -0.4 is 0 Å². The van der Waals surface area contributed by atoms with Crippen LogP contribution in [0.15, 0.2) is 12.3 Å². The molecule has 3 nitrogen and oxygen atoms in total. The van der Waals surface area contributed by atoms with Crippen LogP contribution in [0.3, 0.4) is 0 Å². The maximum absolute atomic E-state index is 5.63. The molecule has 1 heterocycles. The molecule has 2 rings (SSSR count). The zero-order chi connectivity index (χ0) is 10.7. The lowest BCUT2D eigenvalue weighted by atomic mass is 10.2. The first kappa shape index (κ1) is 10.7. The summed E-state index contributed by atoms with van der Waals surface area (Å²) in [6.07, 6.45) is 7.41. The molecule has 0 N–H and O–H groups in total. The minimum absolute atomic E-state index is 0.289. The number of nitrogens with zero attached hydrogens (tertiary/aromatic N) is 2. The van der Waals surface area contributed by atoms with E-state index < -0.39 is 0 Å². The molecule has 0 amide bonds. The summed E-state index contributed by atoms with van der Waals surface area (Å²) in [5.74, 6) is 0. The minimum atomic E-state index is 0.289. The van der Waals surface area contributed by atoms with E-state index in [0.29, 0.717) is 12.6 Å². The second-order valence-electron chi connectivity index (χ2n) is 4.57. The SMILES string of the molecule is CC(C)OCc1ccnn1C1CCCC1. The topological polar surface area (TPSA) is 27.1 Å². The van der Waals surface area contributed by atoms with Crippen molar-refractivity contribution in [1.82, 2.24) is 9.78 Å². The highest BCUT2D eigenvalue weighted by Crippen LogP contribution is 2.29. The summed E-state index contributed by atoms with van der Waals surface area (Å²) in [5, 5.41) is 4.41. The van der Waals surface area contributed by atoms with Crippen molar-refractivity contribution in [3.8, 4) is 0 Å². The van der Waals surface area contributed by atoms with Gasteiger partial charge in [0.1, 0.15) is 0 Å². The maximum Gasteiger partial charge on any atom is 0.0888 e. The highest BCUT2D eigenvalue weighted by Gasteiger charge is 2.19. The third-order valence-electron chi connectivity index (χ3n) is 2.99. The molecule has 1 aromatic rings. The van der Waals surface area contributed by atoms with Crippen molar-refractivity contribution in [2.45, 2.75) is 58.3 Å². The molecule has 0 radical (unpaired) electrons. The molecule has 3 heteroatoms. The number of hydrogen-bond acceptors (Lipinski definition) is 2. The Labute approximate surface area is 91.4 Å². The summed E-state index contributed by atoms with van der Waals surface area (Å²) in [4.78, 5) is 0. The van der Waals surface area contributed by atoms with Gasteiger partial charge < -0.3 is 4.74 Å². The van der Waals surface area contributed by atoms with Crippen LogP contribution >= 0.6 is 0 Å². The van der Waals surface area contributed by atoms with Gasteiger partial charge in [0.25, 0.3) is 0 Å². The molecule has 1 saturated carbocycles. The lowest BCUT2D eigenvalue weighted by Gasteiger charge is -2.15. The molecule has 84 valence electrons. The zero-order valence-corrected chi connectivity index (χ0v) is 9.65. The molecule has 1 aliphatic carbocycles. The van der Waals surface area contributed by atoms with Gasteiger partial charge in [0.05, 0.1) is 24.4 Å². The van der Waals surface area contributed by atoms with Crippen molar-refractivity contribution < 1.29 is 4.74 Å². The van der Waals surface area contributed by atoms with Gasteiger partial charge in [-0.05, 0) is 32.8 Å². The molecule has 0 atom stereocenters. The Morgan fingerprint density at radius 1 is 1.47 bits per heavy atom. The van der Waals surface area contributed by atoms with Crippen molar-refractivity contribution in [1.29, 1.82) is 0 Å². The Hall–Kier alpha value is -0.830. The van der Waals surface area contributed by atoms with Crippen molar-refractivity contribution in [2.24, 2.45) is 0 Å². The van der Waals surface area contributed by atoms with Crippen LogP contribution in [0.2, 0.25) is 0 Å². The maximum atomic E-state index is 5.63. The molecule has 0 unspecified atom stereocenters. The lowest BCUT2D eigenvalue weighted by molar-refractivity contribution is 0.0602. The van der Waals surface area contributed by atoms with Gasteiger partial charge >= 0.3 is 0 Å². The van der Waals surface area contributed by atoms with Gasteiger partial charge in [-0.1, -0.05) is 12.8 Å². The Morgan fingerprint density at radius 3 is 2.87 bits per heavy atom. The summed E-state index contributed by atoms with van der Waals surface area (Å²) < 4.78 is 7.79. The molecule has 0 spiro atoms. The van der Waals surface area contributed by atoms with Gasteiger partial charge in [0, 0.05) is 6.20 Å². The highest BCUT2D eigenvalue weighted by atomic mass is 16.5. The van der Waals surface area contributed by atoms with E-state index >= 15 is 0 Å². The Balaban J connectivity index is 2.01. The molecule has 1 fully saturated rings.